The lowest BCUT2D eigenvalue weighted by atomic mass is 10.1. The first-order valence-corrected chi connectivity index (χ1v) is 4.77. The minimum atomic E-state index is -1.59. The maximum atomic E-state index is 13.0. The van der Waals surface area contributed by atoms with Gasteiger partial charge in [0.05, 0.1) is 6.61 Å². The van der Waals surface area contributed by atoms with E-state index in [4.69, 9.17) is 0 Å². The molecule has 3 nitrogen and oxygen atoms in total. The predicted molar refractivity (Wildman–Crippen MR) is 52.7 cm³/mol. The van der Waals surface area contributed by atoms with E-state index in [2.05, 4.69) is 4.74 Å². The van der Waals surface area contributed by atoms with Gasteiger partial charge < -0.3 is 9.84 Å². The highest BCUT2D eigenvalue weighted by Gasteiger charge is 2.21. The molecule has 1 atom stereocenters. The number of esters is 1. The topological polar surface area (TPSA) is 46.5 Å². The second kappa shape index (κ2) is 5.03. The molecule has 1 aromatic rings. The summed E-state index contributed by atoms with van der Waals surface area (Å²) in [6.45, 7) is 3.04. The van der Waals surface area contributed by atoms with E-state index in [0.29, 0.717) is 0 Å². The first-order valence-electron chi connectivity index (χ1n) is 4.77. The van der Waals surface area contributed by atoms with Gasteiger partial charge in [0.15, 0.2) is 17.7 Å². The Labute approximate surface area is 91.7 Å². The van der Waals surface area contributed by atoms with Crippen LogP contribution in [0.15, 0.2) is 12.1 Å². The summed E-state index contributed by atoms with van der Waals surface area (Å²) in [5.74, 6) is -2.97. The van der Waals surface area contributed by atoms with Crippen LogP contribution in [0.2, 0.25) is 0 Å². The number of aliphatic hydroxyl groups excluding tert-OH is 1. The molecular weight excluding hydrogens is 218 g/mol. The Morgan fingerprint density at radius 2 is 2.12 bits per heavy atom. The Balaban J connectivity index is 3.01. The van der Waals surface area contributed by atoms with Gasteiger partial charge in [-0.1, -0.05) is 0 Å². The van der Waals surface area contributed by atoms with E-state index >= 15 is 0 Å². The third-order valence-electron chi connectivity index (χ3n) is 2.06. The summed E-state index contributed by atoms with van der Waals surface area (Å²) >= 11 is 0. The fourth-order valence-corrected chi connectivity index (χ4v) is 1.27. The Morgan fingerprint density at radius 1 is 1.50 bits per heavy atom. The number of halogens is 2. The predicted octanol–water partition coefficient (Wildman–Crippen LogP) is 1.87. The van der Waals surface area contributed by atoms with Gasteiger partial charge in [-0.05, 0) is 37.1 Å². The summed E-state index contributed by atoms with van der Waals surface area (Å²) in [5, 5.41) is 9.50. The van der Waals surface area contributed by atoms with Crippen molar-refractivity contribution in [3.63, 3.8) is 0 Å². The minimum absolute atomic E-state index is 0.0187. The number of rotatable bonds is 3. The van der Waals surface area contributed by atoms with Crippen LogP contribution in [0, 0.1) is 18.6 Å². The maximum absolute atomic E-state index is 13.0. The van der Waals surface area contributed by atoms with Crippen LogP contribution in [0.1, 0.15) is 24.2 Å². The normalized spacial score (nSPS) is 12.3. The van der Waals surface area contributed by atoms with Crippen LogP contribution in [0.25, 0.3) is 0 Å². The molecular formula is C11H12F2O3. The van der Waals surface area contributed by atoms with Crippen LogP contribution in [0.4, 0.5) is 8.78 Å². The molecule has 0 heterocycles. The minimum Gasteiger partial charge on any atom is -0.464 e. The molecule has 1 aromatic carbocycles. The third kappa shape index (κ3) is 2.55. The lowest BCUT2D eigenvalue weighted by molar-refractivity contribution is -0.153. The maximum Gasteiger partial charge on any atom is 0.339 e. The van der Waals surface area contributed by atoms with Crippen molar-refractivity contribution in [3.8, 4) is 0 Å². The van der Waals surface area contributed by atoms with Gasteiger partial charge in [-0.25, -0.2) is 13.6 Å². The van der Waals surface area contributed by atoms with Crippen LogP contribution in [0.5, 0.6) is 0 Å². The van der Waals surface area contributed by atoms with E-state index in [-0.39, 0.29) is 17.7 Å². The highest BCUT2D eigenvalue weighted by atomic mass is 19.2. The van der Waals surface area contributed by atoms with Crippen molar-refractivity contribution in [3.05, 3.63) is 34.9 Å². The van der Waals surface area contributed by atoms with Crippen molar-refractivity contribution in [1.29, 1.82) is 0 Å². The molecule has 0 aliphatic carbocycles. The fourth-order valence-electron chi connectivity index (χ4n) is 1.27. The smallest absolute Gasteiger partial charge is 0.339 e. The van der Waals surface area contributed by atoms with Crippen molar-refractivity contribution in [2.24, 2.45) is 0 Å². The van der Waals surface area contributed by atoms with Gasteiger partial charge in [0.2, 0.25) is 0 Å². The monoisotopic (exact) mass is 230 g/mol. The van der Waals surface area contributed by atoms with Gasteiger partial charge in [-0.2, -0.15) is 0 Å². The number of ether oxygens (including phenoxy) is 1. The average molecular weight is 230 g/mol. The Morgan fingerprint density at radius 3 is 2.62 bits per heavy atom. The van der Waals surface area contributed by atoms with E-state index in [9.17, 15) is 18.7 Å². The Kier molecular flexibility index (Phi) is 3.95. The van der Waals surface area contributed by atoms with Crippen molar-refractivity contribution >= 4 is 5.97 Å². The molecule has 5 heteroatoms. The molecule has 0 radical (unpaired) electrons. The molecule has 0 bridgehead atoms. The zero-order valence-electron chi connectivity index (χ0n) is 8.96. The van der Waals surface area contributed by atoms with E-state index in [1.54, 1.807) is 6.92 Å². The van der Waals surface area contributed by atoms with Crippen LogP contribution in [-0.2, 0) is 9.53 Å². The molecule has 0 saturated carbocycles. The fraction of sp³-hybridized carbons (Fsp3) is 0.364. The number of carbonyl (C=O) groups is 1. The van der Waals surface area contributed by atoms with Crippen molar-refractivity contribution in [2.75, 3.05) is 6.61 Å². The molecule has 0 aliphatic rings. The summed E-state index contributed by atoms with van der Waals surface area (Å²) < 4.78 is 30.5. The third-order valence-corrected chi connectivity index (χ3v) is 2.06. The van der Waals surface area contributed by atoms with Gasteiger partial charge in [0.1, 0.15) is 0 Å². The van der Waals surface area contributed by atoms with Gasteiger partial charge >= 0.3 is 5.97 Å². The summed E-state index contributed by atoms with van der Waals surface area (Å²) in [4.78, 5) is 11.2. The van der Waals surface area contributed by atoms with Crippen LogP contribution in [0.3, 0.4) is 0 Å². The van der Waals surface area contributed by atoms with Crippen molar-refractivity contribution in [1.82, 2.24) is 0 Å². The summed E-state index contributed by atoms with van der Waals surface area (Å²) in [5.41, 5.74) is 0.00759. The number of hydrogen-bond donors (Lipinski definition) is 1. The lowest BCUT2D eigenvalue weighted by Gasteiger charge is -2.11. The van der Waals surface area contributed by atoms with Gasteiger partial charge in [-0.3, -0.25) is 0 Å². The van der Waals surface area contributed by atoms with E-state index in [1.807, 2.05) is 0 Å². The number of carbonyl (C=O) groups excluding carboxylic acids is 1. The molecule has 88 valence electrons. The number of hydrogen-bond acceptors (Lipinski definition) is 3. The highest BCUT2D eigenvalue weighted by Crippen LogP contribution is 2.20. The largest absolute Gasteiger partial charge is 0.464 e. The molecule has 0 saturated heterocycles. The van der Waals surface area contributed by atoms with Gasteiger partial charge in [-0.15, -0.1) is 0 Å². The van der Waals surface area contributed by atoms with Crippen molar-refractivity contribution < 1.29 is 23.4 Å². The van der Waals surface area contributed by atoms with Gasteiger partial charge in [0, 0.05) is 0 Å². The number of aryl methyl sites for hydroxylation is 1. The SMILES string of the molecule is CCOC(=O)C(O)c1cc(C)c(F)c(F)c1. The zero-order chi connectivity index (χ0) is 12.3. The number of benzene rings is 1. The number of aliphatic hydroxyl groups is 1. The van der Waals surface area contributed by atoms with E-state index in [0.717, 1.165) is 6.07 Å². The van der Waals surface area contributed by atoms with E-state index in [1.165, 1.54) is 13.0 Å². The summed E-state index contributed by atoms with van der Waals surface area (Å²) in [6.07, 6.45) is -1.59. The highest BCUT2D eigenvalue weighted by molar-refractivity contribution is 5.76. The zero-order valence-corrected chi connectivity index (χ0v) is 8.96. The van der Waals surface area contributed by atoms with Gasteiger partial charge in [0.25, 0.3) is 0 Å². The molecule has 1 N–H and O–H groups in total. The first-order chi connectivity index (χ1) is 7.47. The molecule has 0 aliphatic heterocycles. The first kappa shape index (κ1) is 12.6. The Bertz CT molecular complexity index is 381. The average Bonchev–Trinajstić information content (AvgIpc) is 2.24. The standard InChI is InChI=1S/C11H12F2O3/c1-3-16-11(15)10(14)7-4-6(2)9(13)8(12)5-7/h4-5,10,14H,3H2,1-2H3. The lowest BCUT2D eigenvalue weighted by Crippen LogP contribution is -2.16. The quantitative estimate of drug-likeness (QED) is 0.806. The molecule has 0 spiro atoms. The second-order valence-corrected chi connectivity index (χ2v) is 3.29. The molecule has 1 unspecified atom stereocenters. The van der Waals surface area contributed by atoms with Crippen LogP contribution < -0.4 is 0 Å². The molecule has 16 heavy (non-hydrogen) atoms. The van der Waals surface area contributed by atoms with Crippen LogP contribution >= 0.6 is 0 Å². The Hall–Kier alpha value is -1.49. The summed E-state index contributed by atoms with van der Waals surface area (Å²) in [6, 6.07) is 1.99. The molecule has 1 rings (SSSR count). The summed E-state index contributed by atoms with van der Waals surface area (Å²) in [7, 11) is 0. The molecule has 0 aromatic heterocycles. The molecule has 0 amide bonds. The van der Waals surface area contributed by atoms with Crippen LogP contribution in [-0.4, -0.2) is 17.7 Å². The van der Waals surface area contributed by atoms with E-state index < -0.39 is 23.7 Å². The van der Waals surface area contributed by atoms with Crippen molar-refractivity contribution in [2.45, 2.75) is 20.0 Å². The molecule has 0 fully saturated rings. The second-order valence-electron chi connectivity index (χ2n) is 3.29.